The Morgan fingerprint density at radius 1 is 1.33 bits per heavy atom. The molecule has 0 aliphatic carbocycles. The molecule has 0 heterocycles. The fourth-order valence-electron chi connectivity index (χ4n) is 1.03. The number of methoxy groups -OCH3 is 1. The van der Waals surface area contributed by atoms with Gasteiger partial charge in [-0.3, -0.25) is 0 Å². The standard InChI is InChI=1S/C9H10F2O/c1-3-6-4-5-7(10)9(12-2)8(6)11/h4-5H,3H2,1-2H3. The van der Waals surface area contributed by atoms with Gasteiger partial charge in [-0.2, -0.15) is 0 Å². The van der Waals surface area contributed by atoms with Crippen LogP contribution in [0.1, 0.15) is 12.5 Å². The number of halogens is 2. The van der Waals surface area contributed by atoms with Crippen molar-refractivity contribution in [3.63, 3.8) is 0 Å². The third kappa shape index (κ3) is 1.40. The van der Waals surface area contributed by atoms with Gasteiger partial charge >= 0.3 is 0 Å². The Kier molecular flexibility index (Phi) is 2.63. The molecule has 0 unspecified atom stereocenters. The zero-order valence-electron chi connectivity index (χ0n) is 7.03. The van der Waals surface area contributed by atoms with Gasteiger partial charge in [0.1, 0.15) is 0 Å². The van der Waals surface area contributed by atoms with E-state index >= 15 is 0 Å². The van der Waals surface area contributed by atoms with Crippen LogP contribution in [0.2, 0.25) is 0 Å². The molecule has 0 radical (unpaired) electrons. The van der Waals surface area contributed by atoms with Gasteiger partial charge in [0, 0.05) is 0 Å². The number of hydrogen-bond donors (Lipinski definition) is 0. The van der Waals surface area contributed by atoms with Gasteiger partial charge < -0.3 is 4.74 Å². The molecular formula is C9H10F2O. The molecule has 3 heteroatoms. The third-order valence-electron chi connectivity index (χ3n) is 1.71. The molecule has 1 aromatic carbocycles. The quantitative estimate of drug-likeness (QED) is 0.666. The molecule has 1 rings (SSSR count). The van der Waals surface area contributed by atoms with Crippen LogP contribution in [0.25, 0.3) is 0 Å². The molecule has 66 valence electrons. The van der Waals surface area contributed by atoms with Crippen LogP contribution >= 0.6 is 0 Å². The molecule has 0 amide bonds. The van der Waals surface area contributed by atoms with Crippen molar-refractivity contribution in [3.05, 3.63) is 29.3 Å². The summed E-state index contributed by atoms with van der Waals surface area (Å²) < 4.78 is 30.5. The van der Waals surface area contributed by atoms with Gasteiger partial charge in [0.25, 0.3) is 0 Å². The monoisotopic (exact) mass is 172 g/mol. The summed E-state index contributed by atoms with van der Waals surface area (Å²) in [6, 6.07) is 2.63. The number of rotatable bonds is 2. The molecule has 0 saturated heterocycles. The second-order valence-corrected chi connectivity index (χ2v) is 2.41. The molecular weight excluding hydrogens is 162 g/mol. The fourth-order valence-corrected chi connectivity index (χ4v) is 1.03. The lowest BCUT2D eigenvalue weighted by molar-refractivity contribution is 0.358. The Balaban J connectivity index is 3.24. The molecule has 12 heavy (non-hydrogen) atoms. The van der Waals surface area contributed by atoms with Crippen LogP contribution in [0.5, 0.6) is 5.75 Å². The van der Waals surface area contributed by atoms with Gasteiger partial charge in [-0.25, -0.2) is 8.78 Å². The predicted octanol–water partition coefficient (Wildman–Crippen LogP) is 2.54. The summed E-state index contributed by atoms with van der Waals surface area (Å²) in [7, 11) is 1.25. The molecule has 0 spiro atoms. The van der Waals surface area contributed by atoms with Crippen molar-refractivity contribution in [2.45, 2.75) is 13.3 Å². The highest BCUT2D eigenvalue weighted by Gasteiger charge is 2.12. The van der Waals surface area contributed by atoms with Crippen molar-refractivity contribution in [2.75, 3.05) is 7.11 Å². The van der Waals surface area contributed by atoms with Crippen LogP contribution in [0.15, 0.2) is 12.1 Å². The predicted molar refractivity (Wildman–Crippen MR) is 42.3 cm³/mol. The van der Waals surface area contributed by atoms with Crippen molar-refractivity contribution < 1.29 is 13.5 Å². The molecule has 0 aliphatic rings. The van der Waals surface area contributed by atoms with Crippen molar-refractivity contribution in [3.8, 4) is 5.75 Å². The first kappa shape index (κ1) is 8.97. The van der Waals surface area contributed by atoms with Crippen molar-refractivity contribution in [2.24, 2.45) is 0 Å². The second kappa shape index (κ2) is 3.52. The van der Waals surface area contributed by atoms with Crippen LogP contribution in [-0.4, -0.2) is 7.11 Å². The first-order valence-electron chi connectivity index (χ1n) is 3.71. The van der Waals surface area contributed by atoms with Crippen LogP contribution < -0.4 is 4.74 Å². The molecule has 0 fully saturated rings. The van der Waals surface area contributed by atoms with E-state index in [4.69, 9.17) is 0 Å². The number of aryl methyl sites for hydroxylation is 1. The van der Waals surface area contributed by atoms with Crippen LogP contribution in [0, 0.1) is 11.6 Å². The Hall–Kier alpha value is -1.12. The van der Waals surface area contributed by atoms with Crippen molar-refractivity contribution in [1.29, 1.82) is 0 Å². The molecule has 0 aliphatic heterocycles. The summed E-state index contributed by atoms with van der Waals surface area (Å²) in [5, 5.41) is 0. The molecule has 0 atom stereocenters. The molecule has 1 nitrogen and oxygen atoms in total. The summed E-state index contributed by atoms with van der Waals surface area (Å²) in [5.41, 5.74) is 0.466. The lowest BCUT2D eigenvalue weighted by atomic mass is 10.1. The minimum Gasteiger partial charge on any atom is -0.491 e. The first-order valence-corrected chi connectivity index (χ1v) is 3.71. The van der Waals surface area contributed by atoms with Crippen molar-refractivity contribution in [1.82, 2.24) is 0 Å². The molecule has 0 aromatic heterocycles. The number of benzene rings is 1. The summed E-state index contributed by atoms with van der Waals surface area (Å²) in [4.78, 5) is 0. The van der Waals surface area contributed by atoms with E-state index in [0.717, 1.165) is 0 Å². The van der Waals surface area contributed by atoms with Gasteiger partial charge in [-0.15, -0.1) is 0 Å². The lowest BCUT2D eigenvalue weighted by Gasteiger charge is -2.05. The fraction of sp³-hybridized carbons (Fsp3) is 0.333. The average molecular weight is 172 g/mol. The van der Waals surface area contributed by atoms with Gasteiger partial charge in [0.2, 0.25) is 0 Å². The van der Waals surface area contributed by atoms with Crippen molar-refractivity contribution >= 4 is 0 Å². The summed E-state index contributed by atoms with van der Waals surface area (Å²) >= 11 is 0. The highest BCUT2D eigenvalue weighted by molar-refractivity contribution is 5.32. The highest BCUT2D eigenvalue weighted by Crippen LogP contribution is 2.24. The van der Waals surface area contributed by atoms with Gasteiger partial charge in [-0.1, -0.05) is 13.0 Å². The average Bonchev–Trinajstić information content (AvgIpc) is 2.06. The molecule has 0 saturated carbocycles. The zero-order valence-corrected chi connectivity index (χ0v) is 7.03. The van der Waals surface area contributed by atoms with Crippen LogP contribution in [-0.2, 0) is 6.42 Å². The van der Waals surface area contributed by atoms with E-state index < -0.39 is 11.6 Å². The number of hydrogen-bond acceptors (Lipinski definition) is 1. The Labute approximate surface area is 70.0 Å². The zero-order chi connectivity index (χ0) is 9.14. The summed E-state index contributed by atoms with van der Waals surface area (Å²) in [6.07, 6.45) is 0.530. The SMILES string of the molecule is CCc1ccc(F)c(OC)c1F. The minimum atomic E-state index is -0.660. The maximum atomic E-state index is 13.2. The second-order valence-electron chi connectivity index (χ2n) is 2.41. The summed E-state index contributed by atoms with van der Waals surface area (Å²) in [6.45, 7) is 1.80. The molecule has 0 bridgehead atoms. The third-order valence-corrected chi connectivity index (χ3v) is 1.71. The van der Waals surface area contributed by atoms with Crippen LogP contribution in [0.3, 0.4) is 0 Å². The smallest absolute Gasteiger partial charge is 0.190 e. The normalized spacial score (nSPS) is 10.0. The Morgan fingerprint density at radius 2 is 2.00 bits per heavy atom. The highest BCUT2D eigenvalue weighted by atomic mass is 19.1. The number of ether oxygens (including phenoxy) is 1. The molecule has 1 aromatic rings. The first-order chi connectivity index (χ1) is 5.70. The Bertz CT molecular complexity index is 284. The van der Waals surface area contributed by atoms with Gasteiger partial charge in [0.15, 0.2) is 17.4 Å². The van der Waals surface area contributed by atoms with Gasteiger partial charge in [0.05, 0.1) is 7.11 Å². The van der Waals surface area contributed by atoms with Crippen LogP contribution in [0.4, 0.5) is 8.78 Å². The summed E-state index contributed by atoms with van der Waals surface area (Å²) in [5.74, 6) is -1.55. The van der Waals surface area contributed by atoms with E-state index in [-0.39, 0.29) is 5.75 Å². The van der Waals surface area contributed by atoms with E-state index in [0.29, 0.717) is 12.0 Å². The van der Waals surface area contributed by atoms with E-state index in [1.165, 1.54) is 19.2 Å². The van der Waals surface area contributed by atoms with E-state index in [1.807, 2.05) is 0 Å². The molecule has 0 N–H and O–H groups in total. The topological polar surface area (TPSA) is 9.23 Å². The Morgan fingerprint density at radius 3 is 2.50 bits per heavy atom. The minimum absolute atomic E-state index is 0.297. The van der Waals surface area contributed by atoms with E-state index in [1.54, 1.807) is 6.92 Å². The largest absolute Gasteiger partial charge is 0.491 e. The maximum absolute atomic E-state index is 13.2. The van der Waals surface area contributed by atoms with E-state index in [2.05, 4.69) is 4.74 Å². The maximum Gasteiger partial charge on any atom is 0.190 e. The van der Waals surface area contributed by atoms with Gasteiger partial charge in [-0.05, 0) is 18.1 Å². The lowest BCUT2D eigenvalue weighted by Crippen LogP contribution is -1.96. The van der Waals surface area contributed by atoms with E-state index in [9.17, 15) is 8.78 Å².